The van der Waals surface area contributed by atoms with Gasteiger partial charge in [-0.3, -0.25) is 0 Å². The minimum Gasteiger partial charge on any atom is -0.497 e. The maximum absolute atomic E-state index is 13.5. The minimum absolute atomic E-state index is 0.147. The van der Waals surface area contributed by atoms with Crippen molar-refractivity contribution in [2.75, 3.05) is 20.8 Å². The van der Waals surface area contributed by atoms with Gasteiger partial charge in [0.25, 0.3) is 0 Å². The quantitative estimate of drug-likeness (QED) is 0.492. The third-order valence-electron chi connectivity index (χ3n) is 5.45. The van der Waals surface area contributed by atoms with Crippen LogP contribution in [0.4, 0.5) is 0 Å². The van der Waals surface area contributed by atoms with E-state index < -0.39 is 15.3 Å². The molecule has 31 heavy (non-hydrogen) atoms. The van der Waals surface area contributed by atoms with Gasteiger partial charge in [0, 0.05) is 19.7 Å². The first-order valence-electron chi connectivity index (χ1n) is 10.3. The van der Waals surface area contributed by atoms with Gasteiger partial charge in [0.2, 0.25) is 10.0 Å². The van der Waals surface area contributed by atoms with E-state index in [4.69, 9.17) is 14.2 Å². The maximum Gasteiger partial charge on any atom is 0.224 e. The van der Waals surface area contributed by atoms with Crippen molar-refractivity contribution in [1.29, 1.82) is 0 Å². The summed E-state index contributed by atoms with van der Waals surface area (Å²) in [5, 5.41) is -1.15. The standard InChI is InChI=1S/C23H29NO6S/c1-28-20-9-5-18(6-10-20)15-24(16-19-7-11-21(29-2)12-8-19)31(26,27)23(17-25)14-22-4-3-13-30-22/h5-12,17,22-23H,3-4,13-16H2,1-2H3/t22-,23+/m0/s1. The molecule has 0 radical (unpaired) electrons. The van der Waals surface area contributed by atoms with E-state index in [1.54, 1.807) is 38.5 Å². The average molecular weight is 448 g/mol. The number of aldehydes is 1. The Labute approximate surface area is 184 Å². The number of methoxy groups -OCH3 is 2. The van der Waals surface area contributed by atoms with Crippen molar-refractivity contribution >= 4 is 16.3 Å². The van der Waals surface area contributed by atoms with Crippen LogP contribution in [0, 0.1) is 0 Å². The van der Waals surface area contributed by atoms with Gasteiger partial charge in [0.15, 0.2) is 0 Å². The summed E-state index contributed by atoms with van der Waals surface area (Å²) in [5.41, 5.74) is 1.61. The molecule has 2 aromatic rings. The Morgan fingerprint density at radius 2 is 1.52 bits per heavy atom. The molecule has 0 saturated carbocycles. The molecule has 168 valence electrons. The lowest BCUT2D eigenvalue weighted by molar-refractivity contribution is -0.108. The normalized spacial score (nSPS) is 17.5. The Morgan fingerprint density at radius 1 is 1.00 bits per heavy atom. The summed E-state index contributed by atoms with van der Waals surface area (Å²) in [6.07, 6.45) is 2.17. The van der Waals surface area contributed by atoms with E-state index in [1.807, 2.05) is 24.3 Å². The molecule has 2 aromatic carbocycles. The summed E-state index contributed by atoms with van der Waals surface area (Å²) >= 11 is 0. The molecular formula is C23H29NO6S. The number of nitrogens with zero attached hydrogens (tertiary/aromatic N) is 1. The molecular weight excluding hydrogens is 418 g/mol. The molecule has 1 fully saturated rings. The molecule has 0 spiro atoms. The van der Waals surface area contributed by atoms with Gasteiger partial charge in [-0.25, -0.2) is 8.42 Å². The Bertz CT molecular complexity index is 888. The zero-order valence-electron chi connectivity index (χ0n) is 17.9. The summed E-state index contributed by atoms with van der Waals surface area (Å²) in [4.78, 5) is 11.8. The lowest BCUT2D eigenvalue weighted by Gasteiger charge is -2.26. The summed E-state index contributed by atoms with van der Waals surface area (Å²) < 4.78 is 44.3. The van der Waals surface area contributed by atoms with E-state index in [-0.39, 0.29) is 25.6 Å². The van der Waals surface area contributed by atoms with Crippen molar-refractivity contribution in [2.24, 2.45) is 0 Å². The molecule has 7 nitrogen and oxygen atoms in total. The molecule has 1 aliphatic heterocycles. The Balaban J connectivity index is 1.86. The highest BCUT2D eigenvalue weighted by molar-refractivity contribution is 7.90. The second-order valence-electron chi connectivity index (χ2n) is 7.55. The highest BCUT2D eigenvalue weighted by Gasteiger charge is 2.35. The van der Waals surface area contributed by atoms with E-state index in [0.29, 0.717) is 24.4 Å². The topological polar surface area (TPSA) is 82.1 Å². The molecule has 1 aliphatic rings. The monoisotopic (exact) mass is 447 g/mol. The molecule has 0 amide bonds. The summed E-state index contributed by atoms with van der Waals surface area (Å²) in [7, 11) is -0.748. The van der Waals surface area contributed by atoms with Crippen molar-refractivity contribution < 1.29 is 27.4 Å². The van der Waals surface area contributed by atoms with E-state index >= 15 is 0 Å². The Kier molecular flexibility index (Phi) is 8.06. The largest absolute Gasteiger partial charge is 0.497 e. The molecule has 0 N–H and O–H groups in total. The highest BCUT2D eigenvalue weighted by atomic mass is 32.2. The second-order valence-corrected chi connectivity index (χ2v) is 9.71. The fourth-order valence-electron chi connectivity index (χ4n) is 3.63. The molecule has 3 rings (SSSR count). The van der Waals surface area contributed by atoms with Gasteiger partial charge in [-0.2, -0.15) is 4.31 Å². The van der Waals surface area contributed by atoms with Gasteiger partial charge >= 0.3 is 0 Å². The van der Waals surface area contributed by atoms with E-state index in [0.717, 1.165) is 24.0 Å². The third kappa shape index (κ3) is 6.06. The predicted octanol–water partition coefficient (Wildman–Crippen LogP) is 3.17. The second kappa shape index (κ2) is 10.7. The van der Waals surface area contributed by atoms with Gasteiger partial charge in [-0.15, -0.1) is 0 Å². The first-order valence-corrected chi connectivity index (χ1v) is 11.8. The minimum atomic E-state index is -3.91. The average Bonchev–Trinajstić information content (AvgIpc) is 3.31. The fourth-order valence-corrected chi connectivity index (χ4v) is 5.27. The van der Waals surface area contributed by atoms with Crippen LogP contribution in [0.1, 0.15) is 30.4 Å². The molecule has 0 unspecified atom stereocenters. The van der Waals surface area contributed by atoms with Crippen LogP contribution >= 0.6 is 0 Å². The van der Waals surface area contributed by atoms with Crippen LogP contribution in [-0.4, -0.2) is 51.2 Å². The summed E-state index contributed by atoms with van der Waals surface area (Å²) in [5.74, 6) is 1.38. The summed E-state index contributed by atoms with van der Waals surface area (Å²) in [6, 6.07) is 14.5. The number of sulfonamides is 1. The van der Waals surface area contributed by atoms with Crippen LogP contribution in [-0.2, 0) is 32.6 Å². The predicted molar refractivity (Wildman–Crippen MR) is 118 cm³/mol. The molecule has 0 aliphatic carbocycles. The summed E-state index contributed by atoms with van der Waals surface area (Å²) in [6.45, 7) is 0.903. The van der Waals surface area contributed by atoms with Gasteiger partial charge in [-0.1, -0.05) is 24.3 Å². The van der Waals surface area contributed by atoms with Crippen molar-refractivity contribution in [2.45, 2.75) is 43.7 Å². The number of hydrogen-bond acceptors (Lipinski definition) is 6. The number of ether oxygens (including phenoxy) is 3. The van der Waals surface area contributed by atoms with E-state index in [2.05, 4.69) is 0 Å². The molecule has 0 aromatic heterocycles. The third-order valence-corrected chi connectivity index (χ3v) is 7.50. The van der Waals surface area contributed by atoms with Crippen molar-refractivity contribution in [3.8, 4) is 11.5 Å². The van der Waals surface area contributed by atoms with Crippen LogP contribution in [0.5, 0.6) is 11.5 Å². The number of benzene rings is 2. The van der Waals surface area contributed by atoms with Crippen molar-refractivity contribution in [3.05, 3.63) is 59.7 Å². The van der Waals surface area contributed by atoms with E-state index in [1.165, 1.54) is 4.31 Å². The van der Waals surface area contributed by atoms with Crippen molar-refractivity contribution in [1.82, 2.24) is 4.31 Å². The van der Waals surface area contributed by atoms with Crippen LogP contribution in [0.25, 0.3) is 0 Å². The number of hydrogen-bond donors (Lipinski definition) is 0. The van der Waals surface area contributed by atoms with Gasteiger partial charge in [0.1, 0.15) is 23.0 Å². The maximum atomic E-state index is 13.5. The van der Waals surface area contributed by atoms with Gasteiger partial charge in [0.05, 0.1) is 20.3 Å². The van der Waals surface area contributed by atoms with Gasteiger partial charge < -0.3 is 19.0 Å². The zero-order chi connectivity index (χ0) is 22.3. The Hall–Kier alpha value is -2.42. The van der Waals surface area contributed by atoms with Crippen molar-refractivity contribution in [3.63, 3.8) is 0 Å². The highest BCUT2D eigenvalue weighted by Crippen LogP contribution is 2.25. The molecule has 0 bridgehead atoms. The van der Waals surface area contributed by atoms with Crippen LogP contribution < -0.4 is 9.47 Å². The lowest BCUT2D eigenvalue weighted by atomic mass is 10.1. The van der Waals surface area contributed by atoms with Crippen LogP contribution in [0.3, 0.4) is 0 Å². The van der Waals surface area contributed by atoms with Crippen LogP contribution in [0.15, 0.2) is 48.5 Å². The molecule has 1 heterocycles. The first kappa shape index (κ1) is 23.2. The molecule has 8 heteroatoms. The zero-order valence-corrected chi connectivity index (χ0v) is 18.7. The molecule has 1 saturated heterocycles. The molecule has 2 atom stereocenters. The fraction of sp³-hybridized carbons (Fsp3) is 0.435. The number of rotatable bonds is 11. The smallest absolute Gasteiger partial charge is 0.224 e. The lowest BCUT2D eigenvalue weighted by Crippen LogP contribution is -2.40. The first-order chi connectivity index (χ1) is 15.0. The number of carbonyl (C=O) groups excluding carboxylic acids is 1. The Morgan fingerprint density at radius 3 is 1.90 bits per heavy atom. The number of carbonyl (C=O) groups is 1. The van der Waals surface area contributed by atoms with E-state index in [9.17, 15) is 13.2 Å². The SMILES string of the molecule is COc1ccc(CN(Cc2ccc(OC)cc2)S(=O)(=O)[C@@H](C=O)C[C@@H]2CCCO2)cc1. The van der Waals surface area contributed by atoms with Crippen LogP contribution in [0.2, 0.25) is 0 Å². The van der Waals surface area contributed by atoms with Gasteiger partial charge in [-0.05, 0) is 54.7 Å².